The highest BCUT2D eigenvalue weighted by Crippen LogP contribution is 2.13. The molecule has 0 N–H and O–H groups in total. The summed E-state index contributed by atoms with van der Waals surface area (Å²) in [4.78, 5) is 3.78. The second-order valence-electron chi connectivity index (χ2n) is 3.16. The third kappa shape index (κ3) is 6.58. The van der Waals surface area contributed by atoms with Gasteiger partial charge in [-0.25, -0.2) is 0 Å². The zero-order chi connectivity index (χ0) is 13.8. The number of ether oxygens (including phenoxy) is 1. The van der Waals surface area contributed by atoms with Crippen LogP contribution in [0, 0.1) is 13.8 Å². The third-order valence-corrected chi connectivity index (χ3v) is 1.84. The molecule has 2 aromatic rings. The number of aryl methyl sites for hydroxylation is 2. The van der Waals surface area contributed by atoms with E-state index >= 15 is 0 Å². The summed E-state index contributed by atoms with van der Waals surface area (Å²) >= 11 is 0. The summed E-state index contributed by atoms with van der Waals surface area (Å²) < 4.78 is 5.02. The molecule has 0 amide bonds. The average Bonchev–Trinajstić information content (AvgIpc) is 2.46. The Morgan fingerprint density at radius 1 is 0.944 bits per heavy atom. The number of pyridine rings is 1. The zero-order valence-electron chi connectivity index (χ0n) is 11.7. The van der Waals surface area contributed by atoms with Gasteiger partial charge in [0, 0.05) is 18.5 Å². The minimum Gasteiger partial charge on any atom is -0.495 e. The second kappa shape index (κ2) is 10.2. The smallest absolute Gasteiger partial charge is 0.143 e. The van der Waals surface area contributed by atoms with E-state index in [0.29, 0.717) is 0 Å². The van der Waals surface area contributed by atoms with Gasteiger partial charge in [-0.05, 0) is 26.0 Å². The first-order valence-corrected chi connectivity index (χ1v) is 5.94. The fourth-order valence-corrected chi connectivity index (χ4v) is 1.05. The Labute approximate surface area is 109 Å². The van der Waals surface area contributed by atoms with Crippen LogP contribution in [-0.4, -0.2) is 22.3 Å². The first kappa shape index (κ1) is 16.0. The molecule has 4 heteroatoms. The summed E-state index contributed by atoms with van der Waals surface area (Å²) in [6.45, 7) is 7.75. The van der Waals surface area contributed by atoms with E-state index in [1.54, 1.807) is 19.5 Å². The van der Waals surface area contributed by atoms with Crippen molar-refractivity contribution in [3.05, 3.63) is 48.0 Å². The van der Waals surface area contributed by atoms with Crippen LogP contribution in [0.15, 0.2) is 36.7 Å². The average molecular weight is 247 g/mol. The van der Waals surface area contributed by atoms with Gasteiger partial charge in [0.15, 0.2) is 0 Å². The number of methoxy groups -OCH3 is 1. The Morgan fingerprint density at radius 2 is 1.56 bits per heavy atom. The predicted molar refractivity (Wildman–Crippen MR) is 73.6 cm³/mol. The minimum atomic E-state index is 0.799. The van der Waals surface area contributed by atoms with Gasteiger partial charge >= 0.3 is 0 Å². The van der Waals surface area contributed by atoms with Crippen molar-refractivity contribution < 1.29 is 4.74 Å². The summed E-state index contributed by atoms with van der Waals surface area (Å²) in [5.74, 6) is 0.799. The van der Waals surface area contributed by atoms with E-state index in [4.69, 9.17) is 4.74 Å². The molecular formula is C14H21N3O. The summed E-state index contributed by atoms with van der Waals surface area (Å²) in [5.41, 5.74) is 1.70. The van der Waals surface area contributed by atoms with Crippen LogP contribution in [0.2, 0.25) is 0 Å². The molecule has 0 aliphatic carbocycles. The van der Waals surface area contributed by atoms with E-state index in [0.717, 1.165) is 17.1 Å². The summed E-state index contributed by atoms with van der Waals surface area (Å²) in [6, 6.07) is 7.58. The summed E-state index contributed by atoms with van der Waals surface area (Å²) in [5, 5.41) is 7.73. The van der Waals surface area contributed by atoms with Crippen LogP contribution in [0.1, 0.15) is 25.2 Å². The van der Waals surface area contributed by atoms with Crippen LogP contribution in [0.5, 0.6) is 5.75 Å². The monoisotopic (exact) mass is 247 g/mol. The Bertz CT molecular complexity index is 392. The Balaban J connectivity index is 0.000000308. The normalized spacial score (nSPS) is 8.28. The first-order valence-electron chi connectivity index (χ1n) is 5.94. The van der Waals surface area contributed by atoms with Crippen molar-refractivity contribution in [3.8, 4) is 5.75 Å². The molecule has 0 aliphatic heterocycles. The van der Waals surface area contributed by atoms with Crippen LogP contribution in [-0.2, 0) is 0 Å². The third-order valence-electron chi connectivity index (χ3n) is 1.84. The summed E-state index contributed by atoms with van der Waals surface area (Å²) in [7, 11) is 1.63. The van der Waals surface area contributed by atoms with Crippen LogP contribution in [0.25, 0.3) is 0 Å². The van der Waals surface area contributed by atoms with E-state index in [1.165, 1.54) is 0 Å². The van der Waals surface area contributed by atoms with Gasteiger partial charge in [0.05, 0.1) is 12.8 Å². The highest BCUT2D eigenvalue weighted by atomic mass is 16.5. The molecule has 0 unspecified atom stereocenters. The lowest BCUT2D eigenvalue weighted by Crippen LogP contribution is -1.94. The minimum absolute atomic E-state index is 0.799. The van der Waals surface area contributed by atoms with Gasteiger partial charge < -0.3 is 4.74 Å². The van der Waals surface area contributed by atoms with Crippen molar-refractivity contribution in [1.29, 1.82) is 0 Å². The number of hydrogen-bond acceptors (Lipinski definition) is 4. The fourth-order valence-electron chi connectivity index (χ4n) is 1.05. The van der Waals surface area contributed by atoms with Crippen molar-refractivity contribution in [1.82, 2.24) is 15.2 Å². The SMILES string of the molecule is CC.COc1cc(C)nnc1C.c1ccncc1. The Hall–Kier alpha value is -1.97. The molecule has 2 heterocycles. The van der Waals surface area contributed by atoms with Gasteiger partial charge in [0.1, 0.15) is 11.4 Å². The van der Waals surface area contributed by atoms with Crippen molar-refractivity contribution in [2.45, 2.75) is 27.7 Å². The van der Waals surface area contributed by atoms with Crippen LogP contribution >= 0.6 is 0 Å². The molecular weight excluding hydrogens is 226 g/mol. The number of nitrogens with zero attached hydrogens (tertiary/aromatic N) is 3. The van der Waals surface area contributed by atoms with Gasteiger partial charge in [0.25, 0.3) is 0 Å². The molecule has 0 spiro atoms. The van der Waals surface area contributed by atoms with Gasteiger partial charge in [-0.1, -0.05) is 19.9 Å². The molecule has 0 saturated heterocycles. The van der Waals surface area contributed by atoms with Gasteiger partial charge in [-0.2, -0.15) is 10.2 Å². The van der Waals surface area contributed by atoms with E-state index in [1.807, 2.05) is 52.0 Å². The van der Waals surface area contributed by atoms with Crippen molar-refractivity contribution in [2.75, 3.05) is 7.11 Å². The van der Waals surface area contributed by atoms with Crippen LogP contribution in [0.3, 0.4) is 0 Å². The molecule has 98 valence electrons. The molecule has 0 fully saturated rings. The maximum absolute atomic E-state index is 5.02. The van der Waals surface area contributed by atoms with Crippen molar-refractivity contribution >= 4 is 0 Å². The van der Waals surface area contributed by atoms with Crippen LogP contribution in [0.4, 0.5) is 0 Å². The van der Waals surface area contributed by atoms with Crippen molar-refractivity contribution in [3.63, 3.8) is 0 Å². The van der Waals surface area contributed by atoms with E-state index < -0.39 is 0 Å². The topological polar surface area (TPSA) is 47.9 Å². The first-order chi connectivity index (χ1) is 8.74. The largest absolute Gasteiger partial charge is 0.495 e. The van der Waals surface area contributed by atoms with Gasteiger partial charge in [-0.3, -0.25) is 4.98 Å². The fraction of sp³-hybridized carbons (Fsp3) is 0.357. The molecule has 0 atom stereocenters. The molecule has 2 rings (SSSR count). The van der Waals surface area contributed by atoms with Crippen LogP contribution < -0.4 is 4.74 Å². The molecule has 4 nitrogen and oxygen atoms in total. The van der Waals surface area contributed by atoms with Crippen molar-refractivity contribution in [2.24, 2.45) is 0 Å². The Kier molecular flexibility index (Phi) is 9.08. The van der Waals surface area contributed by atoms with E-state index in [2.05, 4.69) is 15.2 Å². The molecule has 0 aromatic carbocycles. The number of aromatic nitrogens is 3. The molecule has 0 aliphatic rings. The summed E-state index contributed by atoms with van der Waals surface area (Å²) in [6.07, 6.45) is 3.50. The Morgan fingerprint density at radius 3 is 1.89 bits per heavy atom. The predicted octanol–water partition coefficient (Wildman–Crippen LogP) is 3.21. The van der Waals surface area contributed by atoms with Gasteiger partial charge in [-0.15, -0.1) is 0 Å². The number of hydrogen-bond donors (Lipinski definition) is 0. The highest BCUT2D eigenvalue weighted by Gasteiger charge is 1.98. The molecule has 0 radical (unpaired) electrons. The molecule has 2 aromatic heterocycles. The maximum atomic E-state index is 5.02. The lowest BCUT2D eigenvalue weighted by Gasteiger charge is -2.01. The van der Waals surface area contributed by atoms with Gasteiger partial charge in [0.2, 0.25) is 0 Å². The highest BCUT2D eigenvalue weighted by molar-refractivity contribution is 5.26. The maximum Gasteiger partial charge on any atom is 0.143 e. The number of rotatable bonds is 1. The quantitative estimate of drug-likeness (QED) is 0.776. The standard InChI is InChI=1S/C7H10N2O.C5H5N.C2H6/c1-5-4-7(10-3)6(2)9-8-5;1-2-4-6-5-3-1;1-2/h4H,1-3H3;1-5H;1-2H3. The molecule has 0 bridgehead atoms. The van der Waals surface area contributed by atoms with E-state index in [-0.39, 0.29) is 0 Å². The lowest BCUT2D eigenvalue weighted by atomic mass is 10.3. The molecule has 18 heavy (non-hydrogen) atoms. The lowest BCUT2D eigenvalue weighted by molar-refractivity contribution is 0.407. The second-order valence-corrected chi connectivity index (χ2v) is 3.16. The zero-order valence-corrected chi connectivity index (χ0v) is 11.7. The van der Waals surface area contributed by atoms with E-state index in [9.17, 15) is 0 Å². The molecule has 0 saturated carbocycles.